The maximum absolute atomic E-state index is 13.0. The van der Waals surface area contributed by atoms with Crippen molar-refractivity contribution in [2.45, 2.75) is 33.2 Å². The molecule has 2 N–H and O–H groups in total. The molecule has 3 aliphatic rings. The molecular formula is C27H43Cl2N5O3. The van der Waals surface area contributed by atoms with Gasteiger partial charge in [-0.15, -0.1) is 24.8 Å². The summed E-state index contributed by atoms with van der Waals surface area (Å²) in [7, 11) is 0. The van der Waals surface area contributed by atoms with Gasteiger partial charge < -0.3 is 30.1 Å². The average molecular weight is 557 g/mol. The Morgan fingerprint density at radius 3 is 2.54 bits per heavy atom. The number of piperidine rings is 1. The van der Waals surface area contributed by atoms with E-state index in [1.807, 2.05) is 23.6 Å². The molecule has 0 saturated carbocycles. The van der Waals surface area contributed by atoms with E-state index in [2.05, 4.69) is 45.9 Å². The molecule has 0 aromatic heterocycles. The lowest BCUT2D eigenvalue weighted by Crippen LogP contribution is -2.47. The average Bonchev–Trinajstić information content (AvgIpc) is 2.89. The van der Waals surface area contributed by atoms with Crippen LogP contribution < -0.4 is 20.3 Å². The van der Waals surface area contributed by atoms with Gasteiger partial charge in [0.05, 0.1) is 6.54 Å². The molecule has 3 heterocycles. The van der Waals surface area contributed by atoms with Crippen molar-refractivity contribution in [3.8, 4) is 5.75 Å². The number of rotatable bonds is 5. The van der Waals surface area contributed by atoms with Crippen LogP contribution in [0.1, 0.15) is 32.3 Å². The van der Waals surface area contributed by atoms with E-state index in [1.165, 1.54) is 5.69 Å². The third kappa shape index (κ3) is 8.24. The van der Waals surface area contributed by atoms with Gasteiger partial charge in [-0.1, -0.05) is 12.2 Å². The molecule has 0 radical (unpaired) electrons. The fourth-order valence-electron chi connectivity index (χ4n) is 5.41. The van der Waals surface area contributed by atoms with Gasteiger partial charge in [0.2, 0.25) is 11.8 Å². The number of benzene rings is 1. The maximum Gasteiger partial charge on any atom is 0.236 e. The number of hydrogen-bond donors (Lipinski definition) is 2. The highest BCUT2D eigenvalue weighted by atomic mass is 35.5. The third-order valence-electron chi connectivity index (χ3n) is 7.55. The Kier molecular flexibility index (Phi) is 13.0. The molecule has 37 heavy (non-hydrogen) atoms. The molecule has 1 aromatic carbocycles. The van der Waals surface area contributed by atoms with Crippen molar-refractivity contribution in [1.82, 2.24) is 20.4 Å². The van der Waals surface area contributed by atoms with Crippen molar-refractivity contribution in [2.24, 2.45) is 11.8 Å². The van der Waals surface area contributed by atoms with E-state index in [4.69, 9.17) is 4.74 Å². The van der Waals surface area contributed by atoms with Gasteiger partial charge in [-0.25, -0.2) is 0 Å². The topological polar surface area (TPSA) is 77.2 Å². The molecule has 2 amide bonds. The predicted molar refractivity (Wildman–Crippen MR) is 153 cm³/mol. The Morgan fingerprint density at radius 2 is 1.81 bits per heavy atom. The summed E-state index contributed by atoms with van der Waals surface area (Å²) in [4.78, 5) is 32.0. The molecule has 10 heteroatoms. The van der Waals surface area contributed by atoms with Crippen LogP contribution in [0.3, 0.4) is 0 Å². The molecule has 0 aliphatic carbocycles. The smallest absolute Gasteiger partial charge is 0.236 e. The fourth-order valence-corrected chi connectivity index (χ4v) is 5.41. The summed E-state index contributed by atoms with van der Waals surface area (Å²) in [6.45, 7) is 12.2. The summed E-state index contributed by atoms with van der Waals surface area (Å²) >= 11 is 0. The summed E-state index contributed by atoms with van der Waals surface area (Å²) in [6.07, 6.45) is 5.62. The largest absolute Gasteiger partial charge is 0.489 e. The molecule has 2 atom stereocenters. The van der Waals surface area contributed by atoms with E-state index in [-0.39, 0.29) is 48.5 Å². The molecule has 2 saturated heterocycles. The van der Waals surface area contributed by atoms with Gasteiger partial charge in [-0.3, -0.25) is 9.59 Å². The minimum atomic E-state index is 0. The number of carbonyl (C=O) groups excluding carboxylic acids is 2. The number of halogens is 2. The zero-order chi connectivity index (χ0) is 24.6. The van der Waals surface area contributed by atoms with Crippen LogP contribution in [-0.4, -0.2) is 87.1 Å². The van der Waals surface area contributed by atoms with Gasteiger partial charge >= 0.3 is 0 Å². The molecule has 208 valence electrons. The Labute approximate surface area is 234 Å². The quantitative estimate of drug-likeness (QED) is 0.544. The first-order valence-electron chi connectivity index (χ1n) is 13.2. The molecule has 0 unspecified atom stereocenters. The first-order valence-corrected chi connectivity index (χ1v) is 13.2. The molecule has 3 aliphatic heterocycles. The molecule has 2 fully saturated rings. The molecule has 8 nitrogen and oxygen atoms in total. The minimum absolute atomic E-state index is 0. The Balaban J connectivity index is 0.00000241. The molecule has 1 aromatic rings. The zero-order valence-electron chi connectivity index (χ0n) is 22.1. The van der Waals surface area contributed by atoms with E-state index >= 15 is 0 Å². The van der Waals surface area contributed by atoms with Crippen LogP contribution in [-0.2, 0) is 16.1 Å². The third-order valence-corrected chi connectivity index (χ3v) is 7.55. The van der Waals surface area contributed by atoms with Crippen molar-refractivity contribution in [3.05, 3.63) is 35.9 Å². The molecular weight excluding hydrogens is 513 g/mol. The maximum atomic E-state index is 13.0. The van der Waals surface area contributed by atoms with Gasteiger partial charge in [0.25, 0.3) is 0 Å². The Bertz CT molecular complexity index is 906. The summed E-state index contributed by atoms with van der Waals surface area (Å²) in [5.41, 5.74) is 2.27. The summed E-state index contributed by atoms with van der Waals surface area (Å²) in [5.74, 6) is 1.59. The second-order valence-electron chi connectivity index (χ2n) is 9.69. The van der Waals surface area contributed by atoms with Crippen molar-refractivity contribution in [3.63, 3.8) is 0 Å². The SMILES string of the molecule is CCN(CC)C(=O)C[C@@H]1CCN2C[C@@H]1C=CCOc1ccc(N3CCNCC3)cc1CNCC2=O.Cl.Cl. The first-order chi connectivity index (χ1) is 17.1. The lowest BCUT2D eigenvalue weighted by Gasteiger charge is -2.38. The van der Waals surface area contributed by atoms with Gasteiger partial charge in [-0.2, -0.15) is 0 Å². The van der Waals surface area contributed by atoms with Gasteiger partial charge in [-0.05, 0) is 50.3 Å². The van der Waals surface area contributed by atoms with E-state index in [0.29, 0.717) is 39.2 Å². The van der Waals surface area contributed by atoms with Crippen molar-refractivity contribution >= 4 is 42.3 Å². The van der Waals surface area contributed by atoms with Gasteiger partial charge in [0.15, 0.2) is 0 Å². The number of piperazine rings is 1. The standard InChI is InChI=1S/C27H41N5O3.2ClH/c1-3-30(4-2)26(33)17-21-9-12-32-20-22(21)6-5-15-35-25-8-7-24(31-13-10-28-11-14-31)16-23(25)18-29-19-27(32)34;;/h5-8,16,21-22,28-29H,3-4,9-15,17-20H2,1-2H3;2*1H/t21-,22-;;/m0../s1. The van der Waals surface area contributed by atoms with Gasteiger partial charge in [0, 0.05) is 76.6 Å². The highest BCUT2D eigenvalue weighted by Crippen LogP contribution is 2.30. The van der Waals surface area contributed by atoms with Crippen LogP contribution in [0.25, 0.3) is 0 Å². The highest BCUT2D eigenvalue weighted by Gasteiger charge is 2.32. The van der Waals surface area contributed by atoms with E-state index in [9.17, 15) is 9.59 Å². The number of anilines is 1. The number of hydrogen-bond acceptors (Lipinski definition) is 6. The fraction of sp³-hybridized carbons (Fsp3) is 0.630. The number of carbonyl (C=O) groups is 2. The molecule has 0 spiro atoms. The highest BCUT2D eigenvalue weighted by molar-refractivity contribution is 5.85. The van der Waals surface area contributed by atoms with Crippen molar-refractivity contribution in [1.29, 1.82) is 0 Å². The second kappa shape index (κ2) is 15.4. The minimum Gasteiger partial charge on any atom is -0.489 e. The molecule has 2 bridgehead atoms. The lowest BCUT2D eigenvalue weighted by molar-refractivity contribution is -0.134. The number of amides is 2. The van der Waals surface area contributed by atoms with Gasteiger partial charge in [0.1, 0.15) is 12.4 Å². The second-order valence-corrected chi connectivity index (χ2v) is 9.69. The van der Waals surface area contributed by atoms with Crippen LogP contribution in [0.15, 0.2) is 30.4 Å². The summed E-state index contributed by atoms with van der Waals surface area (Å²) in [5, 5.41) is 6.75. The van der Waals surface area contributed by atoms with E-state index in [0.717, 1.165) is 57.0 Å². The monoisotopic (exact) mass is 555 g/mol. The summed E-state index contributed by atoms with van der Waals surface area (Å²) < 4.78 is 6.17. The predicted octanol–water partition coefficient (Wildman–Crippen LogP) is 2.70. The normalized spacial score (nSPS) is 22.2. The summed E-state index contributed by atoms with van der Waals surface area (Å²) in [6, 6.07) is 6.37. The Hall–Kier alpha value is -2.00. The number of fused-ring (bicyclic) bond motifs is 3. The number of nitrogens with zero attached hydrogens (tertiary/aromatic N) is 3. The Morgan fingerprint density at radius 1 is 1.05 bits per heavy atom. The van der Waals surface area contributed by atoms with Crippen LogP contribution in [0.2, 0.25) is 0 Å². The number of nitrogens with one attached hydrogen (secondary N) is 2. The zero-order valence-corrected chi connectivity index (χ0v) is 23.7. The molecule has 4 rings (SSSR count). The van der Waals surface area contributed by atoms with Crippen molar-refractivity contribution < 1.29 is 14.3 Å². The van der Waals surface area contributed by atoms with E-state index < -0.39 is 0 Å². The van der Waals surface area contributed by atoms with Crippen LogP contribution in [0.5, 0.6) is 5.75 Å². The number of ether oxygens (including phenoxy) is 1. The van der Waals surface area contributed by atoms with Crippen LogP contribution in [0.4, 0.5) is 5.69 Å². The van der Waals surface area contributed by atoms with Crippen LogP contribution >= 0.6 is 24.8 Å². The van der Waals surface area contributed by atoms with Crippen molar-refractivity contribution in [2.75, 3.05) is 70.4 Å². The lowest BCUT2D eigenvalue weighted by atomic mass is 9.82. The first kappa shape index (κ1) is 31.2. The van der Waals surface area contributed by atoms with E-state index in [1.54, 1.807) is 0 Å². The van der Waals surface area contributed by atoms with Crippen LogP contribution in [0, 0.1) is 11.8 Å².